The van der Waals surface area contributed by atoms with Crippen LogP contribution in [0.4, 0.5) is 5.69 Å². The number of pyridine rings is 1. The highest BCUT2D eigenvalue weighted by Crippen LogP contribution is 2.15. The molecule has 1 aromatic heterocycles. The summed E-state index contributed by atoms with van der Waals surface area (Å²) in [6.07, 6.45) is 5.68. The highest BCUT2D eigenvalue weighted by atomic mass is 15.0. The lowest BCUT2D eigenvalue weighted by Crippen LogP contribution is -2.38. The van der Waals surface area contributed by atoms with Gasteiger partial charge in [-0.25, -0.2) is 0 Å². The van der Waals surface area contributed by atoms with Crippen LogP contribution < -0.4 is 10.6 Å². The molecule has 4 heteroatoms. The molecule has 4 nitrogen and oxygen atoms in total. The van der Waals surface area contributed by atoms with E-state index in [1.165, 1.54) is 6.42 Å². The number of hydrogen-bond acceptors (Lipinski definition) is 4. The van der Waals surface area contributed by atoms with Crippen LogP contribution >= 0.6 is 0 Å². The molecule has 0 spiro atoms. The van der Waals surface area contributed by atoms with Gasteiger partial charge in [0.05, 0.1) is 17.4 Å². The lowest BCUT2D eigenvalue weighted by atomic mass is 10.1. The molecule has 1 unspecified atom stereocenters. The molecule has 1 aliphatic heterocycles. The summed E-state index contributed by atoms with van der Waals surface area (Å²) >= 11 is 0. The first-order valence-electron chi connectivity index (χ1n) is 5.21. The fourth-order valence-electron chi connectivity index (χ4n) is 1.80. The summed E-state index contributed by atoms with van der Waals surface area (Å²) < 4.78 is 0. The molecule has 78 valence electrons. The van der Waals surface area contributed by atoms with E-state index in [9.17, 15) is 0 Å². The molecule has 0 aromatic carbocycles. The maximum atomic E-state index is 8.91. The molecule has 0 aliphatic carbocycles. The van der Waals surface area contributed by atoms with E-state index in [0.29, 0.717) is 11.6 Å². The number of aromatic nitrogens is 1. The zero-order valence-electron chi connectivity index (χ0n) is 8.53. The molecular formula is C11H14N4. The molecule has 2 heterocycles. The third kappa shape index (κ3) is 2.45. The number of piperidine rings is 1. The van der Waals surface area contributed by atoms with Gasteiger partial charge >= 0.3 is 0 Å². The first kappa shape index (κ1) is 9.94. The van der Waals surface area contributed by atoms with Gasteiger partial charge in [0.1, 0.15) is 6.07 Å². The average Bonchev–Trinajstić information content (AvgIpc) is 2.31. The van der Waals surface area contributed by atoms with Crippen molar-refractivity contribution >= 4 is 5.69 Å². The quantitative estimate of drug-likeness (QED) is 0.754. The maximum Gasteiger partial charge on any atom is 0.101 e. The van der Waals surface area contributed by atoms with Crippen LogP contribution in [0.15, 0.2) is 18.5 Å². The van der Waals surface area contributed by atoms with Crippen molar-refractivity contribution in [1.82, 2.24) is 10.3 Å². The minimum atomic E-state index is 0.412. The van der Waals surface area contributed by atoms with Gasteiger partial charge in [0, 0.05) is 18.8 Å². The molecule has 2 rings (SSSR count). The summed E-state index contributed by atoms with van der Waals surface area (Å²) in [4.78, 5) is 4.02. The SMILES string of the molecule is N#Cc1ccncc1NC1CCCNC1. The fourth-order valence-corrected chi connectivity index (χ4v) is 1.80. The van der Waals surface area contributed by atoms with Gasteiger partial charge < -0.3 is 10.6 Å². The largest absolute Gasteiger partial charge is 0.379 e. The van der Waals surface area contributed by atoms with Crippen molar-refractivity contribution in [3.05, 3.63) is 24.0 Å². The number of nitriles is 1. The smallest absolute Gasteiger partial charge is 0.101 e. The van der Waals surface area contributed by atoms with E-state index in [0.717, 1.165) is 25.2 Å². The Hall–Kier alpha value is -1.60. The van der Waals surface area contributed by atoms with Gasteiger partial charge in [-0.2, -0.15) is 5.26 Å². The molecule has 1 aromatic rings. The van der Waals surface area contributed by atoms with E-state index in [2.05, 4.69) is 21.7 Å². The first-order valence-corrected chi connectivity index (χ1v) is 5.21. The molecule has 1 fully saturated rings. The van der Waals surface area contributed by atoms with Crippen LogP contribution in [0.3, 0.4) is 0 Å². The molecule has 0 bridgehead atoms. The summed E-state index contributed by atoms with van der Waals surface area (Å²) in [5.41, 5.74) is 1.50. The average molecular weight is 202 g/mol. The number of rotatable bonds is 2. The van der Waals surface area contributed by atoms with Gasteiger partial charge in [0.15, 0.2) is 0 Å². The molecule has 0 saturated carbocycles. The normalized spacial score (nSPS) is 20.6. The Morgan fingerprint density at radius 1 is 1.60 bits per heavy atom. The van der Waals surface area contributed by atoms with Crippen LogP contribution in [-0.4, -0.2) is 24.1 Å². The van der Waals surface area contributed by atoms with Gasteiger partial charge in [0.25, 0.3) is 0 Å². The van der Waals surface area contributed by atoms with Gasteiger partial charge in [-0.1, -0.05) is 0 Å². The third-order valence-electron chi connectivity index (χ3n) is 2.60. The molecule has 2 N–H and O–H groups in total. The number of anilines is 1. The predicted octanol–water partition coefficient (Wildman–Crippen LogP) is 1.12. The van der Waals surface area contributed by atoms with Crippen molar-refractivity contribution in [2.45, 2.75) is 18.9 Å². The second kappa shape index (κ2) is 4.76. The Bertz CT molecular complexity index is 363. The maximum absolute atomic E-state index is 8.91. The van der Waals surface area contributed by atoms with Crippen molar-refractivity contribution < 1.29 is 0 Å². The van der Waals surface area contributed by atoms with Crippen LogP contribution in [-0.2, 0) is 0 Å². The van der Waals surface area contributed by atoms with Crippen LogP contribution in [0.2, 0.25) is 0 Å². The summed E-state index contributed by atoms with van der Waals surface area (Å²) in [6, 6.07) is 4.31. The summed E-state index contributed by atoms with van der Waals surface area (Å²) in [7, 11) is 0. The van der Waals surface area contributed by atoms with E-state index in [4.69, 9.17) is 5.26 Å². The Morgan fingerprint density at radius 3 is 3.27 bits per heavy atom. The number of hydrogen-bond donors (Lipinski definition) is 2. The third-order valence-corrected chi connectivity index (χ3v) is 2.60. The van der Waals surface area contributed by atoms with Crippen LogP contribution in [0.5, 0.6) is 0 Å². The van der Waals surface area contributed by atoms with Crippen LogP contribution in [0.1, 0.15) is 18.4 Å². The predicted molar refractivity (Wildman–Crippen MR) is 58.5 cm³/mol. The topological polar surface area (TPSA) is 60.7 Å². The summed E-state index contributed by atoms with van der Waals surface area (Å²) in [5.74, 6) is 0. The molecule has 1 atom stereocenters. The standard InChI is InChI=1S/C11H14N4/c12-6-9-3-5-14-8-11(9)15-10-2-1-4-13-7-10/h3,5,8,10,13,15H,1-2,4,7H2. The first-order chi connectivity index (χ1) is 7.40. The van der Waals surface area contributed by atoms with Crippen LogP contribution in [0.25, 0.3) is 0 Å². The van der Waals surface area contributed by atoms with Crippen molar-refractivity contribution in [2.75, 3.05) is 18.4 Å². The van der Waals surface area contributed by atoms with E-state index >= 15 is 0 Å². The molecular weight excluding hydrogens is 188 g/mol. The second-order valence-electron chi connectivity index (χ2n) is 3.72. The molecule has 15 heavy (non-hydrogen) atoms. The minimum absolute atomic E-state index is 0.412. The number of nitrogens with one attached hydrogen (secondary N) is 2. The van der Waals surface area contributed by atoms with E-state index in [1.54, 1.807) is 18.5 Å². The Labute approximate surface area is 89.3 Å². The van der Waals surface area contributed by atoms with Gasteiger partial charge in [-0.3, -0.25) is 4.98 Å². The van der Waals surface area contributed by atoms with E-state index in [1.807, 2.05) is 0 Å². The highest BCUT2D eigenvalue weighted by Gasteiger charge is 2.13. The second-order valence-corrected chi connectivity index (χ2v) is 3.72. The lowest BCUT2D eigenvalue weighted by molar-refractivity contribution is 0.480. The number of nitrogens with zero attached hydrogens (tertiary/aromatic N) is 2. The Balaban J connectivity index is 2.06. The highest BCUT2D eigenvalue weighted by molar-refractivity contribution is 5.55. The van der Waals surface area contributed by atoms with Crippen LogP contribution in [0, 0.1) is 11.3 Å². The summed E-state index contributed by atoms with van der Waals surface area (Å²) in [5, 5.41) is 15.6. The molecule has 1 saturated heterocycles. The lowest BCUT2D eigenvalue weighted by Gasteiger charge is -2.24. The van der Waals surface area contributed by atoms with Gasteiger partial charge in [0.2, 0.25) is 0 Å². The Morgan fingerprint density at radius 2 is 2.53 bits per heavy atom. The monoisotopic (exact) mass is 202 g/mol. The minimum Gasteiger partial charge on any atom is -0.379 e. The van der Waals surface area contributed by atoms with E-state index < -0.39 is 0 Å². The van der Waals surface area contributed by atoms with Gasteiger partial charge in [-0.05, 0) is 25.5 Å². The fraction of sp³-hybridized carbons (Fsp3) is 0.455. The molecule has 0 amide bonds. The van der Waals surface area contributed by atoms with Crippen molar-refractivity contribution in [3.63, 3.8) is 0 Å². The zero-order valence-corrected chi connectivity index (χ0v) is 8.53. The van der Waals surface area contributed by atoms with Crippen molar-refractivity contribution in [2.24, 2.45) is 0 Å². The zero-order chi connectivity index (χ0) is 10.5. The van der Waals surface area contributed by atoms with Crippen molar-refractivity contribution in [3.8, 4) is 6.07 Å². The Kier molecular flexibility index (Phi) is 3.15. The van der Waals surface area contributed by atoms with Crippen molar-refractivity contribution in [1.29, 1.82) is 5.26 Å². The molecule has 0 radical (unpaired) electrons. The van der Waals surface area contributed by atoms with Gasteiger partial charge in [-0.15, -0.1) is 0 Å². The van der Waals surface area contributed by atoms with E-state index in [-0.39, 0.29) is 0 Å². The summed E-state index contributed by atoms with van der Waals surface area (Å²) in [6.45, 7) is 2.05. The molecule has 1 aliphatic rings.